The second kappa shape index (κ2) is 9.05. The Morgan fingerprint density at radius 3 is 1.87 bits per heavy atom. The highest BCUT2D eigenvalue weighted by Crippen LogP contribution is 1.99. The molecule has 0 amide bonds. The number of β-amino-alcohol motifs (C(OH)–C–C–N with tert-alkyl or cyclic N) is 1. The van der Waals surface area contributed by atoms with Gasteiger partial charge in [0.25, 0.3) is 11.0 Å². The lowest BCUT2D eigenvalue weighted by Gasteiger charge is -2.33. The van der Waals surface area contributed by atoms with Crippen LogP contribution in [0.2, 0.25) is 0 Å². The average molecular weight is 240 g/mol. The van der Waals surface area contributed by atoms with E-state index in [1.54, 1.807) is 0 Å². The number of hydrogen-bond donors (Lipinski definition) is 3. The third kappa shape index (κ3) is 8.76. The molecule has 1 saturated heterocycles. The van der Waals surface area contributed by atoms with Crippen LogP contribution in [0.3, 0.4) is 0 Å². The van der Waals surface area contributed by atoms with E-state index in [0.29, 0.717) is 6.61 Å². The monoisotopic (exact) mass is 240 g/mol. The molecule has 0 aromatic rings. The molecular weight excluding hydrogens is 220 g/mol. The summed E-state index contributed by atoms with van der Waals surface area (Å²) in [5.41, 5.74) is 0. The maximum Gasteiger partial charge on any atom is 0.254 e. The highest BCUT2D eigenvalue weighted by Gasteiger charge is 2.13. The van der Waals surface area contributed by atoms with Gasteiger partial charge in [-0.25, -0.2) is 8.42 Å². The zero-order valence-corrected chi connectivity index (χ0v) is 9.90. The summed E-state index contributed by atoms with van der Waals surface area (Å²) in [5, 5.41) is 8.69. The van der Waals surface area contributed by atoms with Gasteiger partial charge >= 0.3 is 0 Å². The van der Waals surface area contributed by atoms with Crippen LogP contribution in [0.1, 0.15) is 6.92 Å². The summed E-state index contributed by atoms with van der Waals surface area (Å²) in [6.45, 7) is 9.06. The summed E-state index contributed by atoms with van der Waals surface area (Å²) in [4.78, 5) is 4.75. The molecule has 0 unspecified atom stereocenters. The number of nitrogens with zero attached hydrogens (tertiary/aromatic N) is 2. The van der Waals surface area contributed by atoms with Crippen LogP contribution in [0.15, 0.2) is 0 Å². The molecule has 0 bridgehead atoms. The molecule has 1 fully saturated rings. The van der Waals surface area contributed by atoms with Crippen LogP contribution >= 0.6 is 0 Å². The summed E-state index contributed by atoms with van der Waals surface area (Å²) >= 11 is 0. The van der Waals surface area contributed by atoms with E-state index in [1.807, 2.05) is 0 Å². The van der Waals surface area contributed by atoms with Crippen molar-refractivity contribution in [2.75, 3.05) is 45.9 Å². The maximum absolute atomic E-state index is 8.69. The molecule has 1 aliphatic heterocycles. The molecular formula is C8H20N2O4S. The SMILES string of the molecule is CCN1CCN(CCO)CC1.O=[SH](=O)O. The van der Waals surface area contributed by atoms with Gasteiger partial charge in [0.15, 0.2) is 0 Å². The molecule has 0 aromatic carbocycles. The van der Waals surface area contributed by atoms with Crippen molar-refractivity contribution < 1.29 is 18.1 Å². The first-order valence-corrected chi connectivity index (χ1v) is 6.12. The summed E-state index contributed by atoms with van der Waals surface area (Å²) in [5.74, 6) is 0. The molecule has 0 aromatic heterocycles. The molecule has 15 heavy (non-hydrogen) atoms. The molecule has 1 aliphatic rings. The molecule has 2 N–H and O–H groups in total. The van der Waals surface area contributed by atoms with Crippen LogP contribution in [-0.2, 0) is 11.0 Å². The minimum absolute atomic E-state index is 0.298. The van der Waals surface area contributed by atoms with E-state index in [9.17, 15) is 0 Å². The maximum atomic E-state index is 8.69. The van der Waals surface area contributed by atoms with Gasteiger partial charge in [-0.2, -0.15) is 0 Å². The zero-order valence-electron chi connectivity index (χ0n) is 9.00. The van der Waals surface area contributed by atoms with E-state index in [1.165, 1.54) is 0 Å². The van der Waals surface area contributed by atoms with E-state index < -0.39 is 11.0 Å². The van der Waals surface area contributed by atoms with Crippen molar-refractivity contribution in [1.29, 1.82) is 0 Å². The number of thiol groups is 1. The van der Waals surface area contributed by atoms with Gasteiger partial charge in [0, 0.05) is 32.7 Å². The fourth-order valence-corrected chi connectivity index (χ4v) is 1.47. The summed E-state index contributed by atoms with van der Waals surface area (Å²) in [7, 11) is -3.12. The van der Waals surface area contributed by atoms with Gasteiger partial charge < -0.3 is 10.0 Å². The lowest BCUT2D eigenvalue weighted by atomic mass is 10.3. The van der Waals surface area contributed by atoms with Crippen LogP contribution in [0.4, 0.5) is 0 Å². The molecule has 92 valence electrons. The first kappa shape index (κ1) is 14.8. The second-order valence-electron chi connectivity index (χ2n) is 3.24. The normalized spacial score (nSPS) is 18.7. The Morgan fingerprint density at radius 2 is 1.53 bits per heavy atom. The van der Waals surface area contributed by atoms with Gasteiger partial charge in [0.05, 0.1) is 6.61 Å². The van der Waals surface area contributed by atoms with Gasteiger partial charge in [-0.15, -0.1) is 0 Å². The highest BCUT2D eigenvalue weighted by molar-refractivity contribution is 7.66. The van der Waals surface area contributed by atoms with E-state index in [2.05, 4.69) is 16.7 Å². The van der Waals surface area contributed by atoms with Crippen LogP contribution in [0.25, 0.3) is 0 Å². The Bertz CT molecular complexity index is 207. The third-order valence-corrected chi connectivity index (χ3v) is 2.33. The van der Waals surface area contributed by atoms with Crippen molar-refractivity contribution in [1.82, 2.24) is 9.80 Å². The molecule has 1 heterocycles. The first-order chi connectivity index (χ1) is 7.10. The predicted octanol–water partition coefficient (Wildman–Crippen LogP) is -1.31. The number of rotatable bonds is 3. The van der Waals surface area contributed by atoms with E-state index in [0.717, 1.165) is 39.3 Å². The molecule has 0 spiro atoms. The number of hydrogen-bond acceptors (Lipinski definition) is 5. The molecule has 0 atom stereocenters. The van der Waals surface area contributed by atoms with Crippen molar-refractivity contribution in [3.8, 4) is 0 Å². The molecule has 6 nitrogen and oxygen atoms in total. The van der Waals surface area contributed by atoms with Crippen LogP contribution in [-0.4, -0.2) is 73.8 Å². The van der Waals surface area contributed by atoms with Crippen molar-refractivity contribution in [3.63, 3.8) is 0 Å². The van der Waals surface area contributed by atoms with Gasteiger partial charge in [-0.1, -0.05) is 6.92 Å². The Balaban J connectivity index is 0.000000423. The van der Waals surface area contributed by atoms with Gasteiger partial charge in [-0.05, 0) is 6.54 Å². The number of likely N-dealkylation sites (N-methyl/N-ethyl adjacent to an activating group) is 1. The van der Waals surface area contributed by atoms with Crippen LogP contribution in [0.5, 0.6) is 0 Å². The smallest absolute Gasteiger partial charge is 0.254 e. The fraction of sp³-hybridized carbons (Fsp3) is 1.00. The summed E-state index contributed by atoms with van der Waals surface area (Å²) in [6, 6.07) is 0. The van der Waals surface area contributed by atoms with Crippen molar-refractivity contribution in [2.45, 2.75) is 6.92 Å². The van der Waals surface area contributed by atoms with E-state index in [4.69, 9.17) is 18.1 Å². The predicted molar refractivity (Wildman–Crippen MR) is 58.6 cm³/mol. The number of piperazine rings is 1. The molecule has 0 saturated carbocycles. The minimum Gasteiger partial charge on any atom is -0.395 e. The number of aliphatic hydroxyl groups excluding tert-OH is 1. The minimum atomic E-state index is -3.12. The van der Waals surface area contributed by atoms with Crippen LogP contribution < -0.4 is 0 Å². The molecule has 0 aliphatic carbocycles. The van der Waals surface area contributed by atoms with Gasteiger partial charge in [0.1, 0.15) is 0 Å². The van der Waals surface area contributed by atoms with Crippen molar-refractivity contribution in [2.24, 2.45) is 0 Å². The van der Waals surface area contributed by atoms with Crippen molar-refractivity contribution >= 4 is 11.0 Å². The lowest BCUT2D eigenvalue weighted by molar-refractivity contribution is 0.116. The Kier molecular flexibility index (Phi) is 8.92. The third-order valence-electron chi connectivity index (χ3n) is 2.33. The second-order valence-corrected chi connectivity index (χ2v) is 3.71. The average Bonchev–Trinajstić information content (AvgIpc) is 2.19. The Hall–Kier alpha value is -0.210. The molecule has 0 radical (unpaired) electrons. The zero-order chi connectivity index (χ0) is 11.7. The molecule has 1 rings (SSSR count). The van der Waals surface area contributed by atoms with Crippen LogP contribution in [0, 0.1) is 0 Å². The number of aliphatic hydroxyl groups is 1. The molecule has 7 heteroatoms. The van der Waals surface area contributed by atoms with E-state index >= 15 is 0 Å². The topological polar surface area (TPSA) is 81.1 Å². The van der Waals surface area contributed by atoms with Gasteiger partial charge in [-0.3, -0.25) is 9.45 Å². The highest BCUT2D eigenvalue weighted by atomic mass is 32.2. The lowest BCUT2D eigenvalue weighted by Crippen LogP contribution is -2.46. The summed E-state index contributed by atoms with van der Waals surface area (Å²) < 4.78 is 24.2. The first-order valence-electron chi connectivity index (χ1n) is 4.99. The largest absolute Gasteiger partial charge is 0.395 e. The quantitative estimate of drug-likeness (QED) is 0.420. The van der Waals surface area contributed by atoms with Crippen molar-refractivity contribution in [3.05, 3.63) is 0 Å². The van der Waals surface area contributed by atoms with E-state index in [-0.39, 0.29) is 0 Å². The Morgan fingerprint density at radius 1 is 1.13 bits per heavy atom. The van der Waals surface area contributed by atoms with Gasteiger partial charge in [0.2, 0.25) is 0 Å². The standard InChI is InChI=1S/C8H18N2O.H2O3S/c1-2-9-3-5-10(6-4-9)7-8-11;1-4(2)3/h11H,2-8H2,1H3;4H,(H,1,2,3). The Labute approximate surface area is 92.3 Å². The summed E-state index contributed by atoms with van der Waals surface area (Å²) in [6.07, 6.45) is 0. The fourth-order valence-electron chi connectivity index (χ4n) is 1.47.